The van der Waals surface area contributed by atoms with Crippen molar-refractivity contribution >= 4 is 81.9 Å². The summed E-state index contributed by atoms with van der Waals surface area (Å²) >= 11 is -0.316. The van der Waals surface area contributed by atoms with Crippen LogP contribution in [0.1, 0.15) is 32.2 Å². The first-order valence-corrected chi connectivity index (χ1v) is 33.5. The fourth-order valence-electron chi connectivity index (χ4n) is 10.5. The van der Waals surface area contributed by atoms with Crippen LogP contribution in [0.25, 0.3) is 115 Å². The first-order valence-electron chi connectivity index (χ1n) is 25.9. The molecule has 8 heteroatoms. The van der Waals surface area contributed by atoms with Crippen molar-refractivity contribution in [1.82, 2.24) is 19.5 Å². The van der Waals surface area contributed by atoms with Gasteiger partial charge in [-0.15, -0.1) is 17.7 Å². The van der Waals surface area contributed by atoms with E-state index in [0.717, 1.165) is 109 Å². The van der Waals surface area contributed by atoms with E-state index in [1.807, 2.05) is 32.3 Å². The van der Waals surface area contributed by atoms with E-state index in [1.54, 1.807) is 17.4 Å². The summed E-state index contributed by atoms with van der Waals surface area (Å²) in [6.07, 6.45) is 3.92. The molecule has 4 heterocycles. The molecule has 0 saturated heterocycles. The zero-order chi connectivity index (χ0) is 52.3. The number of hydrogen-bond acceptors (Lipinski definition) is 4. The molecule has 0 aliphatic carbocycles. The summed E-state index contributed by atoms with van der Waals surface area (Å²) in [4.78, 5) is 15.4. The molecule has 13 aromatic rings. The van der Waals surface area contributed by atoms with E-state index < -0.39 is 19.2 Å². The SMILES string of the molecule is Cc1c[c-]c(-c2nc3c4ccccc4c4ccccc4c3n2-c2cc(-c3ccccc3)ccc2-c2ccccc2)c2sc3cc(-c4ccccc4)cnc3c12.[2H]C(C)(C)c1cc(-c2[c-]cc(F)cc2)nc[c]1[Ge]([CH3])([CH3])[CH3].[Ir]. The van der Waals surface area contributed by atoms with Gasteiger partial charge in [0.1, 0.15) is 0 Å². The first kappa shape index (κ1) is 49.5. The minimum Gasteiger partial charge on any atom is 0 e. The number of pyridine rings is 2. The number of benzene rings is 9. The number of aromatic nitrogens is 4. The third-order valence-electron chi connectivity index (χ3n) is 14.2. The predicted molar refractivity (Wildman–Crippen MR) is 318 cm³/mol. The van der Waals surface area contributed by atoms with Crippen molar-refractivity contribution in [3.63, 3.8) is 0 Å². The summed E-state index contributed by atoms with van der Waals surface area (Å²) < 4.78 is 27.4. The van der Waals surface area contributed by atoms with Crippen molar-refractivity contribution in [2.45, 2.75) is 43.9 Å². The number of aryl methyl sites for hydroxylation is 1. The van der Waals surface area contributed by atoms with Gasteiger partial charge in [-0.1, -0.05) is 170 Å². The monoisotopic (exact) mass is 1240 g/mol. The summed E-state index contributed by atoms with van der Waals surface area (Å²) in [6, 6.07) is 73.6. The molecule has 0 spiro atoms. The molecule has 0 unspecified atom stereocenters. The average Bonchev–Trinajstić information content (AvgIpc) is 4.24. The number of hydrogen-bond donors (Lipinski definition) is 0. The number of halogens is 1. The van der Waals surface area contributed by atoms with Gasteiger partial charge in [0.25, 0.3) is 0 Å². The molecule has 0 aliphatic rings. The minimum absolute atomic E-state index is 0. The van der Waals surface area contributed by atoms with Crippen molar-refractivity contribution in [1.29, 1.82) is 0 Å². The molecule has 76 heavy (non-hydrogen) atoms. The standard InChI is InChI=1S/C51H32N3S.C17H21FGeN.Ir/c1-32-25-27-43(50-46(32)48-45(55-50)30-37(31-52-48)34-17-7-3-8-18-34)51-53-47-41-23-13-11-21-39(41)40-22-12-14-24-42(40)49(47)54(51)44-29-36(33-15-5-2-6-16-33)26-28-38(44)35-19-9-4-10-20-35;1-12(2)15-10-17(13-6-8-14(18)9-7-13)20-11-16(15)19(3,4)5;/h2-26,28-31H,1H3;6,8-12H,1-5H3;/q2*-1;/i;12D;. The smallest absolute Gasteiger partial charge is 0 e. The summed E-state index contributed by atoms with van der Waals surface area (Å²) in [6.45, 7) is 5.97. The first-order chi connectivity index (χ1) is 36.8. The number of fused-ring (bicyclic) bond motifs is 9. The summed E-state index contributed by atoms with van der Waals surface area (Å²) in [5.41, 5.74) is 15.7. The summed E-state index contributed by atoms with van der Waals surface area (Å²) in [5, 5.41) is 5.85. The summed E-state index contributed by atoms with van der Waals surface area (Å²) in [5.74, 6) is 6.78. The number of thiophene rings is 1. The van der Waals surface area contributed by atoms with Gasteiger partial charge in [-0.3, -0.25) is 9.97 Å². The van der Waals surface area contributed by atoms with Gasteiger partial charge in [0, 0.05) is 58.6 Å². The molecule has 1 radical (unpaired) electrons. The van der Waals surface area contributed by atoms with Crippen LogP contribution in [-0.2, 0) is 20.1 Å². The van der Waals surface area contributed by atoms with Crippen LogP contribution in [-0.4, -0.2) is 32.8 Å². The maximum Gasteiger partial charge on any atom is 0 e. The maximum absolute atomic E-state index is 13.0. The molecule has 0 N–H and O–H groups in total. The molecule has 0 atom stereocenters. The zero-order valence-electron chi connectivity index (χ0n) is 44.0. The van der Waals surface area contributed by atoms with Crippen LogP contribution in [0, 0.1) is 24.9 Å². The van der Waals surface area contributed by atoms with Crippen LogP contribution >= 0.6 is 11.3 Å². The van der Waals surface area contributed by atoms with Crippen LogP contribution in [0.15, 0.2) is 207 Å². The van der Waals surface area contributed by atoms with E-state index in [-0.39, 0.29) is 25.9 Å². The van der Waals surface area contributed by atoms with Gasteiger partial charge in [-0.05, 0) is 49.9 Å². The molecule has 9 aromatic carbocycles. The molecule has 4 nitrogen and oxygen atoms in total. The second-order valence-electron chi connectivity index (χ2n) is 20.4. The Bertz CT molecular complexity index is 4320. The predicted octanol–water partition coefficient (Wildman–Crippen LogP) is 18.2. The van der Waals surface area contributed by atoms with Gasteiger partial charge in [0.05, 0.1) is 22.4 Å². The molecule has 4 aromatic heterocycles. The molecule has 373 valence electrons. The topological polar surface area (TPSA) is 43.6 Å². The largest absolute Gasteiger partial charge is 0 e. The minimum atomic E-state index is -2.10. The number of imidazole rings is 1. The Morgan fingerprint density at radius 3 is 1.87 bits per heavy atom. The summed E-state index contributed by atoms with van der Waals surface area (Å²) in [7, 11) is 0. The molecule has 0 aliphatic heterocycles. The Morgan fingerprint density at radius 1 is 0.605 bits per heavy atom. The average molecular weight is 1240 g/mol. The Balaban J connectivity index is 0.000000243. The van der Waals surface area contributed by atoms with Gasteiger partial charge in [0.15, 0.2) is 0 Å². The van der Waals surface area contributed by atoms with E-state index in [9.17, 15) is 4.39 Å². The Kier molecular flexibility index (Phi) is 13.7. The van der Waals surface area contributed by atoms with Gasteiger partial charge in [-0.2, -0.15) is 11.3 Å². The fourth-order valence-corrected chi connectivity index (χ4v) is 15.1. The van der Waals surface area contributed by atoms with Gasteiger partial charge in [-0.25, -0.2) is 0 Å². The third-order valence-corrected chi connectivity index (χ3v) is 19.5. The maximum atomic E-state index is 13.0. The van der Waals surface area contributed by atoms with E-state index in [4.69, 9.17) is 11.3 Å². The fraction of sp³-hybridized carbons (Fsp3) is 0.103. The molecule has 0 amide bonds. The van der Waals surface area contributed by atoms with E-state index >= 15 is 0 Å². The van der Waals surface area contributed by atoms with Crippen molar-refractivity contribution in [2.24, 2.45) is 0 Å². The second kappa shape index (κ2) is 21.0. The van der Waals surface area contributed by atoms with Gasteiger partial charge >= 0.3 is 125 Å². The molecule has 0 bridgehead atoms. The Hall–Kier alpha value is -7.39. The van der Waals surface area contributed by atoms with E-state index in [1.165, 1.54) is 32.9 Å². The van der Waals surface area contributed by atoms with Crippen molar-refractivity contribution < 1.29 is 25.9 Å². The zero-order valence-corrected chi connectivity index (χ0v) is 48.3. The van der Waals surface area contributed by atoms with Gasteiger partial charge < -0.3 is 4.57 Å². The quantitative estimate of drug-likeness (QED) is 0.0865. The van der Waals surface area contributed by atoms with E-state index in [0.29, 0.717) is 0 Å². The Morgan fingerprint density at radius 2 is 1.22 bits per heavy atom. The Labute approximate surface area is 465 Å². The molecule has 0 saturated carbocycles. The van der Waals surface area contributed by atoms with E-state index in [2.05, 4.69) is 216 Å². The third kappa shape index (κ3) is 9.41. The van der Waals surface area contributed by atoms with Crippen LogP contribution in [0.3, 0.4) is 0 Å². The van der Waals surface area contributed by atoms with Gasteiger partial charge in [0.2, 0.25) is 0 Å². The molecular weight excluding hydrogens is 1190 g/mol. The van der Waals surface area contributed by atoms with Crippen LogP contribution < -0.4 is 4.40 Å². The van der Waals surface area contributed by atoms with Crippen LogP contribution in [0.4, 0.5) is 4.39 Å². The van der Waals surface area contributed by atoms with Crippen molar-refractivity contribution in [3.8, 4) is 61.7 Å². The van der Waals surface area contributed by atoms with Crippen LogP contribution in [0.5, 0.6) is 0 Å². The van der Waals surface area contributed by atoms with Crippen molar-refractivity contribution in [2.75, 3.05) is 0 Å². The number of rotatable bonds is 8. The number of nitrogens with zero attached hydrogens (tertiary/aromatic N) is 4. The normalized spacial score (nSPS) is 12.0. The molecule has 13 rings (SSSR count). The van der Waals surface area contributed by atoms with Crippen molar-refractivity contribution in [3.05, 3.63) is 236 Å². The van der Waals surface area contributed by atoms with Crippen LogP contribution in [0.2, 0.25) is 17.3 Å². The molecule has 0 fully saturated rings. The second-order valence-corrected chi connectivity index (χ2v) is 32.0. The molecular formula is C68H53FGeIrN4S-2.